The van der Waals surface area contributed by atoms with Crippen LogP contribution in [0.15, 0.2) is 24.8 Å². The van der Waals surface area contributed by atoms with Crippen molar-refractivity contribution in [1.82, 2.24) is 29.1 Å². The number of likely N-dealkylation sites (N-methyl/N-ethyl adjacent to an activating group) is 1. The van der Waals surface area contributed by atoms with E-state index in [1.165, 1.54) is 5.56 Å². The molecule has 0 aromatic carbocycles. The van der Waals surface area contributed by atoms with Gasteiger partial charge in [-0.2, -0.15) is 5.10 Å². The molecule has 0 radical (unpaired) electrons. The molecule has 8 heteroatoms. The van der Waals surface area contributed by atoms with Crippen LogP contribution in [0.2, 0.25) is 0 Å². The zero-order valence-corrected chi connectivity index (χ0v) is 17.0. The van der Waals surface area contributed by atoms with E-state index in [0.717, 1.165) is 38.3 Å². The van der Waals surface area contributed by atoms with Gasteiger partial charge in [0.1, 0.15) is 11.4 Å². The average molecular weight is 387 g/mol. The maximum Gasteiger partial charge on any atom is 0.253 e. The molecule has 2 aliphatic rings. The van der Waals surface area contributed by atoms with Crippen molar-refractivity contribution in [3.63, 3.8) is 0 Å². The molecule has 1 saturated heterocycles. The monoisotopic (exact) mass is 386 g/mol. The number of ether oxygens (including phenoxy) is 1. The summed E-state index contributed by atoms with van der Waals surface area (Å²) in [5.41, 5.74) is 0.750. The largest absolute Gasteiger partial charge is 0.352 e. The normalized spacial score (nSPS) is 21.6. The molecule has 8 nitrogen and oxygen atoms in total. The van der Waals surface area contributed by atoms with E-state index in [-0.39, 0.29) is 5.91 Å². The lowest BCUT2D eigenvalue weighted by atomic mass is 9.88. The summed E-state index contributed by atoms with van der Waals surface area (Å²) in [5.74, 6) is 1.05. The topological polar surface area (TPSA) is 68.4 Å². The Labute approximate surface area is 166 Å². The minimum absolute atomic E-state index is 0.0847. The van der Waals surface area contributed by atoms with E-state index in [1.807, 2.05) is 49.1 Å². The molecule has 4 heterocycles. The lowest BCUT2D eigenvalue weighted by Crippen LogP contribution is -2.54. The lowest BCUT2D eigenvalue weighted by molar-refractivity contribution is -0.181. The van der Waals surface area contributed by atoms with Crippen LogP contribution in [0.1, 0.15) is 38.1 Å². The molecule has 0 aliphatic carbocycles. The number of amides is 1. The Morgan fingerprint density at radius 1 is 1.32 bits per heavy atom. The molecule has 152 valence electrons. The van der Waals surface area contributed by atoms with E-state index in [1.54, 1.807) is 0 Å². The minimum Gasteiger partial charge on any atom is -0.352 e. The number of aryl methyl sites for hydroxylation is 1. The first kappa shape index (κ1) is 19.1. The second kappa shape index (κ2) is 7.67. The molecule has 2 aliphatic heterocycles. The second-order valence-corrected chi connectivity index (χ2v) is 7.81. The predicted octanol–water partition coefficient (Wildman–Crippen LogP) is 1.38. The third kappa shape index (κ3) is 3.46. The molecule has 1 fully saturated rings. The fraction of sp³-hybridized carbons (Fsp3) is 0.650. The third-order valence-electron chi connectivity index (χ3n) is 6.03. The summed E-state index contributed by atoms with van der Waals surface area (Å²) in [4.78, 5) is 21.9. The molecule has 0 unspecified atom stereocenters. The molecule has 1 spiro atoms. The van der Waals surface area contributed by atoms with Crippen LogP contribution < -0.4 is 0 Å². The highest BCUT2D eigenvalue weighted by Gasteiger charge is 2.47. The van der Waals surface area contributed by atoms with Gasteiger partial charge in [-0.1, -0.05) is 0 Å². The Morgan fingerprint density at radius 2 is 2.07 bits per heavy atom. The summed E-state index contributed by atoms with van der Waals surface area (Å²) in [6.45, 7) is 8.70. The summed E-state index contributed by atoms with van der Waals surface area (Å²) < 4.78 is 10.5. The zero-order valence-electron chi connectivity index (χ0n) is 17.0. The molecular weight excluding hydrogens is 356 g/mol. The van der Waals surface area contributed by atoms with Gasteiger partial charge in [0.05, 0.1) is 12.7 Å². The highest BCUT2D eigenvalue weighted by Crippen LogP contribution is 2.40. The van der Waals surface area contributed by atoms with E-state index < -0.39 is 11.7 Å². The lowest BCUT2D eigenvalue weighted by Gasteiger charge is -2.46. The summed E-state index contributed by atoms with van der Waals surface area (Å²) in [5, 5.41) is 4.26. The van der Waals surface area contributed by atoms with Gasteiger partial charge in [0.25, 0.3) is 5.91 Å². The van der Waals surface area contributed by atoms with Crippen molar-refractivity contribution in [2.24, 2.45) is 7.05 Å². The number of piperidine rings is 1. The maximum atomic E-state index is 13.0. The van der Waals surface area contributed by atoms with Gasteiger partial charge in [0.15, 0.2) is 6.10 Å². The number of imidazole rings is 1. The quantitative estimate of drug-likeness (QED) is 0.777. The summed E-state index contributed by atoms with van der Waals surface area (Å²) in [7, 11) is 1.94. The highest BCUT2D eigenvalue weighted by molar-refractivity contribution is 5.81. The van der Waals surface area contributed by atoms with Crippen molar-refractivity contribution in [1.29, 1.82) is 0 Å². The first-order chi connectivity index (χ1) is 13.5. The Balaban J connectivity index is 1.49. The summed E-state index contributed by atoms with van der Waals surface area (Å²) in [6.07, 6.45) is 9.03. The van der Waals surface area contributed by atoms with Gasteiger partial charge >= 0.3 is 0 Å². The van der Waals surface area contributed by atoms with Crippen molar-refractivity contribution in [2.75, 3.05) is 26.2 Å². The molecule has 1 atom stereocenters. The molecule has 28 heavy (non-hydrogen) atoms. The predicted molar refractivity (Wildman–Crippen MR) is 104 cm³/mol. The van der Waals surface area contributed by atoms with E-state index in [2.05, 4.69) is 25.7 Å². The SMILES string of the molecule is CCN(CC)C(=O)[C@@H]1Cn2ccnc2C2(CCN(Cc3cnn(C)c3)CC2)O1. The molecule has 1 amide bonds. The van der Waals surface area contributed by atoms with Gasteiger partial charge < -0.3 is 14.2 Å². The first-order valence-electron chi connectivity index (χ1n) is 10.2. The van der Waals surface area contributed by atoms with E-state index in [4.69, 9.17) is 4.74 Å². The van der Waals surface area contributed by atoms with Crippen LogP contribution in [-0.2, 0) is 35.3 Å². The van der Waals surface area contributed by atoms with Gasteiger partial charge in [-0.3, -0.25) is 14.4 Å². The van der Waals surface area contributed by atoms with Crippen molar-refractivity contribution in [2.45, 2.75) is 51.5 Å². The Bertz CT molecular complexity index is 816. The molecular formula is C20H30N6O2. The van der Waals surface area contributed by atoms with Crippen LogP contribution in [0.5, 0.6) is 0 Å². The highest BCUT2D eigenvalue weighted by atomic mass is 16.5. The van der Waals surface area contributed by atoms with Crippen LogP contribution in [0.25, 0.3) is 0 Å². The number of aromatic nitrogens is 4. The number of hydrogen-bond acceptors (Lipinski definition) is 5. The second-order valence-electron chi connectivity index (χ2n) is 7.81. The van der Waals surface area contributed by atoms with Gasteiger partial charge in [-0.25, -0.2) is 4.98 Å². The number of hydrogen-bond donors (Lipinski definition) is 0. The number of nitrogens with zero attached hydrogens (tertiary/aromatic N) is 6. The number of rotatable bonds is 5. The van der Waals surface area contributed by atoms with Crippen LogP contribution in [0.4, 0.5) is 0 Å². The minimum atomic E-state index is -0.472. The van der Waals surface area contributed by atoms with Crippen LogP contribution in [0.3, 0.4) is 0 Å². The van der Waals surface area contributed by atoms with Gasteiger partial charge in [0.2, 0.25) is 0 Å². The van der Waals surface area contributed by atoms with E-state index in [9.17, 15) is 4.79 Å². The Hall–Kier alpha value is -2.19. The smallest absolute Gasteiger partial charge is 0.253 e. The number of fused-ring (bicyclic) bond motifs is 2. The van der Waals surface area contributed by atoms with Crippen molar-refractivity contribution < 1.29 is 9.53 Å². The molecule has 2 aromatic heterocycles. The number of carbonyl (C=O) groups is 1. The standard InChI is InChI=1S/C20H30N6O2/c1-4-25(5-2)18(27)17-15-26-11-8-21-19(26)20(28-17)6-9-24(10-7-20)14-16-12-22-23(3)13-16/h8,11-13,17H,4-7,9-10,14-15H2,1-3H3/t17-/m0/s1. The fourth-order valence-electron chi connectivity index (χ4n) is 4.49. The van der Waals surface area contributed by atoms with Crippen LogP contribution >= 0.6 is 0 Å². The fourth-order valence-corrected chi connectivity index (χ4v) is 4.49. The molecule has 0 N–H and O–H groups in total. The van der Waals surface area contributed by atoms with Crippen molar-refractivity contribution >= 4 is 5.91 Å². The van der Waals surface area contributed by atoms with E-state index >= 15 is 0 Å². The van der Waals surface area contributed by atoms with Crippen molar-refractivity contribution in [3.05, 3.63) is 36.2 Å². The molecule has 4 rings (SSSR count). The van der Waals surface area contributed by atoms with Crippen molar-refractivity contribution in [3.8, 4) is 0 Å². The maximum absolute atomic E-state index is 13.0. The van der Waals surface area contributed by atoms with E-state index in [0.29, 0.717) is 19.6 Å². The Morgan fingerprint density at radius 3 is 2.71 bits per heavy atom. The van der Waals surface area contributed by atoms with Crippen LogP contribution in [0, 0.1) is 0 Å². The van der Waals surface area contributed by atoms with Gasteiger partial charge in [-0.05, 0) is 26.7 Å². The van der Waals surface area contributed by atoms with Gasteiger partial charge in [-0.15, -0.1) is 0 Å². The molecule has 2 aromatic rings. The Kier molecular flexibility index (Phi) is 5.25. The number of likely N-dealkylation sites (tertiary alicyclic amines) is 1. The summed E-state index contributed by atoms with van der Waals surface area (Å²) in [6, 6.07) is 0. The molecule has 0 saturated carbocycles. The average Bonchev–Trinajstić information content (AvgIpc) is 3.34. The number of carbonyl (C=O) groups excluding carboxylic acids is 1. The molecule has 0 bridgehead atoms. The van der Waals surface area contributed by atoms with Crippen LogP contribution in [-0.4, -0.2) is 67.3 Å². The zero-order chi connectivity index (χ0) is 19.7. The summed E-state index contributed by atoms with van der Waals surface area (Å²) >= 11 is 0. The first-order valence-corrected chi connectivity index (χ1v) is 10.2. The van der Waals surface area contributed by atoms with Gasteiger partial charge in [0, 0.05) is 63.9 Å². The third-order valence-corrected chi connectivity index (χ3v) is 6.03.